The fourth-order valence-corrected chi connectivity index (χ4v) is 2.81. The number of hydrogen-bond acceptors (Lipinski definition) is 3. The number of nitrogens with zero attached hydrogens (tertiary/aromatic N) is 1. The lowest BCUT2D eigenvalue weighted by atomic mass is 9.90. The van der Waals surface area contributed by atoms with Crippen LogP contribution in [0.15, 0.2) is 24.3 Å². The summed E-state index contributed by atoms with van der Waals surface area (Å²) in [7, 11) is 0. The first-order valence-electron chi connectivity index (χ1n) is 8.18. The molecule has 1 aliphatic heterocycles. The van der Waals surface area contributed by atoms with Crippen molar-refractivity contribution in [3.63, 3.8) is 0 Å². The second kappa shape index (κ2) is 7.03. The third-order valence-electron chi connectivity index (χ3n) is 4.21. The van der Waals surface area contributed by atoms with Crippen LogP contribution >= 0.6 is 0 Å². The fraction of sp³-hybridized carbons (Fsp3) is 0.500. The van der Waals surface area contributed by atoms with Crippen LogP contribution in [0.2, 0.25) is 0 Å². The van der Waals surface area contributed by atoms with E-state index in [1.54, 1.807) is 24.3 Å². The predicted molar refractivity (Wildman–Crippen MR) is 92.3 cm³/mol. The van der Waals surface area contributed by atoms with Crippen LogP contribution < -0.4 is 11.1 Å². The van der Waals surface area contributed by atoms with E-state index in [9.17, 15) is 14.4 Å². The van der Waals surface area contributed by atoms with Crippen LogP contribution in [0.3, 0.4) is 0 Å². The third-order valence-corrected chi connectivity index (χ3v) is 4.21. The molecule has 0 unspecified atom stereocenters. The van der Waals surface area contributed by atoms with Crippen molar-refractivity contribution in [3.8, 4) is 0 Å². The average molecular weight is 331 g/mol. The van der Waals surface area contributed by atoms with E-state index in [1.165, 1.54) is 0 Å². The number of rotatable bonds is 3. The minimum Gasteiger partial charge on any atom is -0.366 e. The highest BCUT2D eigenvalue weighted by Gasteiger charge is 2.32. The van der Waals surface area contributed by atoms with Gasteiger partial charge < -0.3 is 16.0 Å². The molecule has 0 spiro atoms. The van der Waals surface area contributed by atoms with Crippen molar-refractivity contribution in [1.82, 2.24) is 4.90 Å². The molecule has 1 aromatic carbocycles. The smallest absolute Gasteiger partial charge is 0.248 e. The molecule has 2 rings (SSSR count). The Morgan fingerprint density at radius 1 is 1.17 bits per heavy atom. The van der Waals surface area contributed by atoms with Crippen LogP contribution in [0.4, 0.5) is 5.69 Å². The van der Waals surface area contributed by atoms with E-state index >= 15 is 0 Å². The molecule has 24 heavy (non-hydrogen) atoms. The highest BCUT2D eigenvalue weighted by molar-refractivity contribution is 5.97. The van der Waals surface area contributed by atoms with Crippen LogP contribution in [0.25, 0.3) is 0 Å². The molecule has 0 saturated carbocycles. The first-order valence-corrected chi connectivity index (χ1v) is 8.18. The van der Waals surface area contributed by atoms with E-state index in [1.807, 2.05) is 25.7 Å². The van der Waals surface area contributed by atoms with E-state index in [-0.39, 0.29) is 17.7 Å². The highest BCUT2D eigenvalue weighted by Crippen LogP contribution is 2.24. The van der Waals surface area contributed by atoms with Gasteiger partial charge in [-0.1, -0.05) is 26.8 Å². The van der Waals surface area contributed by atoms with Crippen molar-refractivity contribution in [3.05, 3.63) is 29.8 Å². The zero-order valence-electron chi connectivity index (χ0n) is 14.5. The number of anilines is 1. The lowest BCUT2D eigenvalue weighted by molar-refractivity contribution is -0.142. The first kappa shape index (κ1) is 18.0. The summed E-state index contributed by atoms with van der Waals surface area (Å²) in [6.45, 7) is 6.89. The van der Waals surface area contributed by atoms with Gasteiger partial charge in [0.1, 0.15) is 0 Å². The Morgan fingerprint density at radius 3 is 2.33 bits per heavy atom. The van der Waals surface area contributed by atoms with Gasteiger partial charge in [0.05, 0.1) is 0 Å². The zero-order valence-corrected chi connectivity index (χ0v) is 14.5. The Bertz CT molecular complexity index is 641. The zero-order chi connectivity index (χ0) is 17.9. The number of benzene rings is 1. The minimum absolute atomic E-state index is 0.0838. The monoisotopic (exact) mass is 331 g/mol. The topological polar surface area (TPSA) is 92.5 Å². The number of primary amides is 1. The summed E-state index contributed by atoms with van der Waals surface area (Å²) >= 11 is 0. The number of hydrogen-bond donors (Lipinski definition) is 2. The van der Waals surface area contributed by atoms with Gasteiger partial charge in [-0.25, -0.2) is 0 Å². The predicted octanol–water partition coefficient (Wildman–Crippen LogP) is 2.01. The number of piperidine rings is 1. The Kier molecular flexibility index (Phi) is 5.26. The molecule has 3 amide bonds. The second-order valence-corrected chi connectivity index (χ2v) is 7.25. The Labute approximate surface area is 142 Å². The van der Waals surface area contributed by atoms with Crippen LogP contribution in [0.1, 0.15) is 44.0 Å². The van der Waals surface area contributed by atoms with E-state index < -0.39 is 11.3 Å². The van der Waals surface area contributed by atoms with Crippen LogP contribution in [-0.2, 0) is 9.59 Å². The second-order valence-electron chi connectivity index (χ2n) is 7.25. The van der Waals surface area contributed by atoms with E-state index in [0.717, 1.165) is 0 Å². The van der Waals surface area contributed by atoms with Gasteiger partial charge in [0.25, 0.3) is 0 Å². The van der Waals surface area contributed by atoms with Gasteiger partial charge in [-0.3, -0.25) is 14.4 Å². The molecule has 0 aliphatic carbocycles. The summed E-state index contributed by atoms with van der Waals surface area (Å²) in [4.78, 5) is 37.7. The molecule has 1 aromatic rings. The van der Waals surface area contributed by atoms with Gasteiger partial charge >= 0.3 is 0 Å². The van der Waals surface area contributed by atoms with Gasteiger partial charge in [-0.2, -0.15) is 0 Å². The van der Waals surface area contributed by atoms with Gasteiger partial charge in [0.15, 0.2) is 0 Å². The van der Waals surface area contributed by atoms with Crippen molar-refractivity contribution < 1.29 is 14.4 Å². The number of carbonyl (C=O) groups is 3. The van der Waals surface area contributed by atoms with Crippen molar-refractivity contribution in [2.24, 2.45) is 17.1 Å². The maximum atomic E-state index is 12.4. The standard InChI is InChI=1S/C18H25N3O3/c1-18(2,3)17(24)21-9-7-12(8-10-21)16(23)20-14-6-4-5-13(11-14)15(19)22/h4-6,11-12H,7-10H2,1-3H3,(H2,19,22)(H,20,23). The highest BCUT2D eigenvalue weighted by atomic mass is 16.2. The van der Waals surface area contributed by atoms with Crippen LogP contribution in [-0.4, -0.2) is 35.7 Å². The lowest BCUT2D eigenvalue weighted by Crippen LogP contribution is -2.45. The SMILES string of the molecule is CC(C)(C)C(=O)N1CCC(C(=O)Nc2cccc(C(N)=O)c2)CC1. The molecule has 0 aromatic heterocycles. The number of nitrogens with two attached hydrogens (primary N) is 1. The quantitative estimate of drug-likeness (QED) is 0.887. The summed E-state index contributed by atoms with van der Waals surface area (Å²) < 4.78 is 0. The summed E-state index contributed by atoms with van der Waals surface area (Å²) in [5, 5.41) is 2.83. The van der Waals surface area contributed by atoms with Gasteiger partial charge in [0.2, 0.25) is 17.7 Å². The molecule has 1 fully saturated rings. The van der Waals surface area contributed by atoms with Crippen molar-refractivity contribution in [2.45, 2.75) is 33.6 Å². The van der Waals surface area contributed by atoms with Crippen molar-refractivity contribution >= 4 is 23.4 Å². The normalized spacial score (nSPS) is 15.9. The number of amides is 3. The lowest BCUT2D eigenvalue weighted by Gasteiger charge is -2.35. The van der Waals surface area contributed by atoms with Crippen molar-refractivity contribution in [1.29, 1.82) is 0 Å². The molecule has 0 radical (unpaired) electrons. The molecule has 130 valence electrons. The number of carbonyl (C=O) groups excluding carboxylic acids is 3. The summed E-state index contributed by atoms with van der Waals surface area (Å²) in [6, 6.07) is 6.58. The fourth-order valence-electron chi connectivity index (χ4n) is 2.81. The molecule has 1 heterocycles. The Balaban J connectivity index is 1.93. The summed E-state index contributed by atoms with van der Waals surface area (Å²) in [5.74, 6) is -0.624. The largest absolute Gasteiger partial charge is 0.366 e. The molecule has 6 nitrogen and oxygen atoms in total. The van der Waals surface area contributed by atoms with Crippen LogP contribution in [0, 0.1) is 11.3 Å². The molecular weight excluding hydrogens is 306 g/mol. The average Bonchev–Trinajstić information content (AvgIpc) is 2.53. The van der Waals surface area contributed by atoms with Crippen molar-refractivity contribution in [2.75, 3.05) is 18.4 Å². The molecular formula is C18H25N3O3. The molecule has 0 bridgehead atoms. The minimum atomic E-state index is -0.528. The van der Waals surface area contributed by atoms with E-state index in [2.05, 4.69) is 5.32 Å². The Hall–Kier alpha value is -2.37. The van der Waals surface area contributed by atoms with Gasteiger partial charge in [-0.15, -0.1) is 0 Å². The Morgan fingerprint density at radius 2 is 1.79 bits per heavy atom. The molecule has 1 aliphatic rings. The molecule has 3 N–H and O–H groups in total. The van der Waals surface area contributed by atoms with E-state index in [4.69, 9.17) is 5.73 Å². The molecule has 0 atom stereocenters. The van der Waals surface area contributed by atoms with Gasteiger partial charge in [0, 0.05) is 35.7 Å². The summed E-state index contributed by atoms with van der Waals surface area (Å²) in [5.41, 5.74) is 5.77. The first-order chi connectivity index (χ1) is 11.2. The molecule has 6 heteroatoms. The maximum absolute atomic E-state index is 12.4. The molecule has 1 saturated heterocycles. The number of likely N-dealkylation sites (tertiary alicyclic amines) is 1. The van der Waals surface area contributed by atoms with Gasteiger partial charge in [-0.05, 0) is 31.0 Å². The summed E-state index contributed by atoms with van der Waals surface area (Å²) in [6.07, 6.45) is 1.28. The maximum Gasteiger partial charge on any atom is 0.248 e. The van der Waals surface area contributed by atoms with E-state index in [0.29, 0.717) is 37.2 Å². The number of nitrogens with one attached hydrogen (secondary N) is 1. The third kappa shape index (κ3) is 4.34. The van der Waals surface area contributed by atoms with Crippen LogP contribution in [0.5, 0.6) is 0 Å².